The largest absolute Gasteiger partial charge is 0.487 e. The summed E-state index contributed by atoms with van der Waals surface area (Å²) >= 11 is 4.79. The first-order valence-electron chi connectivity index (χ1n) is 12.0. The summed E-state index contributed by atoms with van der Waals surface area (Å²) in [5.74, 6) is -0.684. The van der Waals surface area contributed by atoms with Crippen molar-refractivity contribution in [1.82, 2.24) is 24.3 Å². The average molecular weight is 557 g/mol. The van der Waals surface area contributed by atoms with Crippen LogP contribution in [0.25, 0.3) is 22.6 Å². The molecular weight excluding hydrogens is 534 g/mol. The van der Waals surface area contributed by atoms with Gasteiger partial charge in [0.2, 0.25) is 0 Å². The minimum atomic E-state index is -3.85. The van der Waals surface area contributed by atoms with E-state index in [1.54, 1.807) is 30.1 Å². The maximum absolute atomic E-state index is 13.1. The van der Waals surface area contributed by atoms with Crippen LogP contribution in [0.2, 0.25) is 0 Å². The van der Waals surface area contributed by atoms with Gasteiger partial charge in [0, 0.05) is 55.0 Å². The molecule has 4 aromatic rings. The number of hydrogen-bond donors (Lipinski definition) is 1. The predicted molar refractivity (Wildman–Crippen MR) is 139 cm³/mol. The maximum atomic E-state index is 13.1. The number of rotatable bonds is 7. The molecule has 5 rings (SSSR count). The summed E-state index contributed by atoms with van der Waals surface area (Å²) in [6, 6.07) is 10.0. The number of benzene rings is 1. The monoisotopic (exact) mass is 556 g/mol. The van der Waals surface area contributed by atoms with Gasteiger partial charge in [-0.1, -0.05) is 0 Å². The van der Waals surface area contributed by atoms with Gasteiger partial charge in [0.05, 0.1) is 29.0 Å². The molecule has 0 bridgehead atoms. The van der Waals surface area contributed by atoms with Gasteiger partial charge < -0.3 is 19.4 Å². The molecule has 1 aliphatic rings. The minimum absolute atomic E-state index is 0.170. The molecule has 13 heteroatoms. The van der Waals surface area contributed by atoms with Gasteiger partial charge in [0.25, 0.3) is 11.5 Å². The Morgan fingerprint density at radius 1 is 1.18 bits per heavy atom. The number of hydrogen-bond acceptors (Lipinski definition) is 7. The fraction of sp³-hybridized carbons (Fsp3) is 0.269. The Morgan fingerprint density at radius 3 is 2.67 bits per heavy atom. The zero-order valence-electron chi connectivity index (χ0n) is 20.7. The molecule has 1 aromatic carbocycles. The highest BCUT2D eigenvalue weighted by Gasteiger charge is 2.27. The van der Waals surface area contributed by atoms with E-state index in [0.29, 0.717) is 34.9 Å². The number of nitrogens with zero attached hydrogens (tertiary/aromatic N) is 5. The van der Waals surface area contributed by atoms with Crippen LogP contribution in [0, 0.1) is 0 Å². The second-order valence-electron chi connectivity index (χ2n) is 8.85. The van der Waals surface area contributed by atoms with E-state index in [1.807, 2.05) is 0 Å². The lowest BCUT2D eigenvalue weighted by atomic mass is 10.0. The number of carbonyl (C=O) groups is 1. The number of ether oxygens (including phenoxy) is 2. The standard InChI is InChI=1S/C26H23ClF2N6O4/c1-34-15-31-20(13-22(34)36)19-12-16(25(37)33-17-5-7-18(8-6-17)39-26(27,28)29)14-30-24(19)21-9-10-32-35(21)23-4-2-3-11-38-23/h5-10,12-15,23H,2-4,11H2,1H3,(H,33,37). The highest BCUT2D eigenvalue weighted by Crippen LogP contribution is 2.33. The molecule has 0 saturated carbocycles. The molecule has 1 unspecified atom stereocenters. The SMILES string of the molecule is Cn1cnc(-c2cc(C(=O)Nc3ccc(OC(F)(F)Cl)cc3)cnc2-c2ccnn2C2CCCCO2)cc1=O. The first kappa shape index (κ1) is 26.4. The molecule has 0 aliphatic carbocycles. The van der Waals surface area contributed by atoms with Gasteiger partial charge in [-0.05, 0) is 55.7 Å². The summed E-state index contributed by atoms with van der Waals surface area (Å²) in [4.78, 5) is 34.5. The summed E-state index contributed by atoms with van der Waals surface area (Å²) < 4.78 is 39.0. The van der Waals surface area contributed by atoms with Crippen LogP contribution in [0.1, 0.15) is 35.8 Å². The normalized spacial score (nSPS) is 15.6. The topological polar surface area (TPSA) is 113 Å². The molecule has 1 N–H and O–H groups in total. The molecule has 202 valence electrons. The molecule has 1 aliphatic heterocycles. The van der Waals surface area contributed by atoms with Crippen LogP contribution in [0.15, 0.2) is 66.0 Å². The van der Waals surface area contributed by atoms with E-state index in [2.05, 4.69) is 25.1 Å². The lowest BCUT2D eigenvalue weighted by Crippen LogP contribution is -2.20. The van der Waals surface area contributed by atoms with Gasteiger partial charge >= 0.3 is 5.57 Å². The third-order valence-corrected chi connectivity index (χ3v) is 6.17. The van der Waals surface area contributed by atoms with E-state index >= 15 is 0 Å². The number of carbonyl (C=O) groups excluding carboxylic acids is 1. The van der Waals surface area contributed by atoms with Crippen molar-refractivity contribution < 1.29 is 23.0 Å². The lowest BCUT2D eigenvalue weighted by molar-refractivity contribution is -0.0964. The van der Waals surface area contributed by atoms with Crippen molar-refractivity contribution in [3.63, 3.8) is 0 Å². The van der Waals surface area contributed by atoms with Crippen LogP contribution in [0.3, 0.4) is 0 Å². The Morgan fingerprint density at radius 2 is 1.97 bits per heavy atom. The summed E-state index contributed by atoms with van der Waals surface area (Å²) in [5, 5.41) is 7.13. The van der Waals surface area contributed by atoms with Crippen molar-refractivity contribution in [3.05, 3.63) is 77.1 Å². The lowest BCUT2D eigenvalue weighted by Gasteiger charge is -2.24. The molecular formula is C26H23ClF2N6O4. The summed E-state index contributed by atoms with van der Waals surface area (Å²) in [5.41, 5.74) is -1.71. The van der Waals surface area contributed by atoms with E-state index < -0.39 is 11.5 Å². The highest BCUT2D eigenvalue weighted by atomic mass is 35.5. The van der Waals surface area contributed by atoms with Crippen LogP contribution in [0.5, 0.6) is 5.75 Å². The van der Waals surface area contributed by atoms with E-state index in [-0.39, 0.29) is 23.1 Å². The smallest absolute Gasteiger partial charge is 0.420 e. The first-order valence-corrected chi connectivity index (χ1v) is 12.4. The molecule has 10 nitrogen and oxygen atoms in total. The number of nitrogens with one attached hydrogen (secondary N) is 1. The van der Waals surface area contributed by atoms with Gasteiger partial charge in [-0.2, -0.15) is 5.10 Å². The summed E-state index contributed by atoms with van der Waals surface area (Å²) in [6.07, 6.45) is 6.95. The second kappa shape index (κ2) is 10.9. The molecule has 1 amide bonds. The Balaban J connectivity index is 1.49. The molecule has 1 atom stereocenters. The van der Waals surface area contributed by atoms with E-state index in [4.69, 9.17) is 16.3 Å². The highest BCUT2D eigenvalue weighted by molar-refractivity contribution is 6.20. The Labute approximate surface area is 226 Å². The molecule has 3 aromatic heterocycles. The number of alkyl halides is 3. The molecule has 4 heterocycles. The number of pyridine rings is 1. The predicted octanol–water partition coefficient (Wildman–Crippen LogP) is 4.83. The van der Waals surface area contributed by atoms with Crippen molar-refractivity contribution in [2.75, 3.05) is 11.9 Å². The van der Waals surface area contributed by atoms with Crippen LogP contribution in [-0.2, 0) is 11.8 Å². The number of halogens is 3. The minimum Gasteiger partial charge on any atom is -0.420 e. The van der Waals surface area contributed by atoms with Gasteiger partial charge in [0.15, 0.2) is 6.23 Å². The van der Waals surface area contributed by atoms with Gasteiger partial charge in [-0.25, -0.2) is 9.67 Å². The molecule has 0 spiro atoms. The maximum Gasteiger partial charge on any atom is 0.487 e. The fourth-order valence-corrected chi connectivity index (χ4v) is 4.28. The fourth-order valence-electron chi connectivity index (χ4n) is 4.19. The van der Waals surface area contributed by atoms with Crippen LogP contribution < -0.4 is 15.6 Å². The van der Waals surface area contributed by atoms with Crippen molar-refractivity contribution in [1.29, 1.82) is 0 Å². The van der Waals surface area contributed by atoms with Gasteiger partial charge in [0.1, 0.15) is 5.75 Å². The van der Waals surface area contributed by atoms with E-state index in [1.165, 1.54) is 47.4 Å². The molecule has 1 saturated heterocycles. The quantitative estimate of drug-likeness (QED) is 0.324. The number of amides is 1. The Kier molecular flexibility index (Phi) is 7.40. The summed E-state index contributed by atoms with van der Waals surface area (Å²) in [6.45, 7) is 0.626. The Bertz CT molecular complexity index is 1550. The molecule has 0 radical (unpaired) electrons. The van der Waals surface area contributed by atoms with Crippen molar-refractivity contribution in [2.45, 2.75) is 31.1 Å². The van der Waals surface area contributed by atoms with Crippen LogP contribution in [0.4, 0.5) is 14.5 Å². The summed E-state index contributed by atoms with van der Waals surface area (Å²) in [7, 11) is 1.59. The zero-order valence-corrected chi connectivity index (χ0v) is 21.4. The first-order chi connectivity index (χ1) is 18.7. The van der Waals surface area contributed by atoms with E-state index in [9.17, 15) is 18.4 Å². The molecule has 39 heavy (non-hydrogen) atoms. The number of aromatic nitrogens is 5. The van der Waals surface area contributed by atoms with Crippen molar-refractivity contribution in [3.8, 4) is 28.4 Å². The van der Waals surface area contributed by atoms with Crippen molar-refractivity contribution in [2.24, 2.45) is 7.05 Å². The van der Waals surface area contributed by atoms with Gasteiger partial charge in [-0.3, -0.25) is 14.6 Å². The van der Waals surface area contributed by atoms with Crippen LogP contribution >= 0.6 is 11.6 Å². The van der Waals surface area contributed by atoms with Crippen LogP contribution in [-0.4, -0.2) is 42.4 Å². The van der Waals surface area contributed by atoms with Crippen molar-refractivity contribution >= 4 is 23.2 Å². The third-order valence-electron chi connectivity index (χ3n) is 6.09. The second-order valence-corrected chi connectivity index (χ2v) is 9.29. The van der Waals surface area contributed by atoms with E-state index in [0.717, 1.165) is 19.3 Å². The zero-order chi connectivity index (χ0) is 27.6. The van der Waals surface area contributed by atoms with Gasteiger partial charge in [-0.15, -0.1) is 8.78 Å². The number of aryl methyl sites for hydroxylation is 1. The Hall–Kier alpha value is -4.16. The third kappa shape index (κ3) is 6.13. The number of anilines is 1. The molecule has 1 fully saturated rings. The average Bonchev–Trinajstić information content (AvgIpc) is 3.40.